The van der Waals surface area contributed by atoms with Crippen LogP contribution in [0.3, 0.4) is 0 Å². The van der Waals surface area contributed by atoms with E-state index in [1.165, 1.54) is 12.0 Å². The Balaban J connectivity index is 1.48. The molecule has 2 heterocycles. The molecule has 1 N–H and O–H groups in total. The van der Waals surface area contributed by atoms with E-state index >= 15 is 0 Å². The van der Waals surface area contributed by atoms with E-state index in [0.29, 0.717) is 13.1 Å². The van der Waals surface area contributed by atoms with Gasteiger partial charge < -0.3 is 15.0 Å². The maximum Gasteiger partial charge on any atom is 0.224 e. The molecule has 0 saturated carbocycles. The van der Waals surface area contributed by atoms with Crippen LogP contribution in [0.5, 0.6) is 0 Å². The lowest BCUT2D eigenvalue weighted by Gasteiger charge is -2.28. The lowest BCUT2D eigenvalue weighted by molar-refractivity contribution is -0.125. The molecule has 3 rings (SSSR count). The summed E-state index contributed by atoms with van der Waals surface area (Å²) in [4.78, 5) is 18.4. The molecule has 7 heteroatoms. The van der Waals surface area contributed by atoms with Crippen LogP contribution in [0, 0.1) is 5.92 Å². The summed E-state index contributed by atoms with van der Waals surface area (Å²) in [5, 5.41) is 7.00. The number of hydrogen-bond donors (Lipinski definition) is 1. The van der Waals surface area contributed by atoms with Gasteiger partial charge in [-0.25, -0.2) is 4.98 Å². The Labute approximate surface area is 141 Å². The van der Waals surface area contributed by atoms with Gasteiger partial charge in [0.2, 0.25) is 5.91 Å². The van der Waals surface area contributed by atoms with Crippen LogP contribution < -0.4 is 10.2 Å². The summed E-state index contributed by atoms with van der Waals surface area (Å²) < 4.78 is 7.04. The molecule has 1 atom stereocenters. The van der Waals surface area contributed by atoms with E-state index in [9.17, 15) is 4.79 Å². The van der Waals surface area contributed by atoms with E-state index in [1.807, 2.05) is 6.92 Å². The number of morpholine rings is 1. The Morgan fingerprint density at radius 1 is 1.29 bits per heavy atom. The molecule has 7 nitrogen and oxygen atoms in total. The molecule has 1 fully saturated rings. The Bertz CT molecular complexity index is 636. The molecule has 0 bridgehead atoms. The van der Waals surface area contributed by atoms with Crippen LogP contribution >= 0.6 is 0 Å². The summed E-state index contributed by atoms with van der Waals surface area (Å²) in [5.41, 5.74) is 2.29. The predicted molar refractivity (Wildman–Crippen MR) is 90.5 cm³/mol. The van der Waals surface area contributed by atoms with Gasteiger partial charge in [0.05, 0.1) is 25.7 Å². The minimum absolute atomic E-state index is 0.0164. The molecular weight excluding hydrogens is 306 g/mol. The van der Waals surface area contributed by atoms with Crippen molar-refractivity contribution in [2.75, 3.05) is 31.2 Å². The van der Waals surface area contributed by atoms with Crippen LogP contribution in [0.15, 0.2) is 36.9 Å². The smallest absolute Gasteiger partial charge is 0.224 e. The zero-order valence-corrected chi connectivity index (χ0v) is 13.9. The number of nitrogens with zero attached hydrogens (tertiary/aromatic N) is 4. The maximum atomic E-state index is 12.2. The fourth-order valence-electron chi connectivity index (χ4n) is 2.70. The summed E-state index contributed by atoms with van der Waals surface area (Å²) in [6.07, 6.45) is 3.09. The second-order valence-corrected chi connectivity index (χ2v) is 6.00. The number of rotatable bonds is 6. The number of carbonyl (C=O) groups is 1. The SMILES string of the molecule is C[C@H](Cn1cncn1)C(=O)NCc1ccc(N2CCOCC2)cc1. The molecule has 1 saturated heterocycles. The van der Waals surface area contributed by atoms with Gasteiger partial charge in [0, 0.05) is 25.3 Å². The number of anilines is 1. The standard InChI is InChI=1S/C17H23N5O2/c1-14(11-22-13-18-12-20-22)17(23)19-10-15-2-4-16(5-3-15)21-6-8-24-9-7-21/h2-5,12-14H,6-11H2,1H3,(H,19,23)/t14-/m1/s1. The second-order valence-electron chi connectivity index (χ2n) is 6.00. The molecule has 0 aliphatic carbocycles. The van der Waals surface area contributed by atoms with Gasteiger partial charge in [0.25, 0.3) is 0 Å². The summed E-state index contributed by atoms with van der Waals surface area (Å²) >= 11 is 0. The zero-order valence-electron chi connectivity index (χ0n) is 13.9. The molecule has 1 aromatic heterocycles. The van der Waals surface area contributed by atoms with Crippen LogP contribution in [0.2, 0.25) is 0 Å². The fourth-order valence-corrected chi connectivity index (χ4v) is 2.70. The summed E-state index contributed by atoms with van der Waals surface area (Å²) in [6.45, 7) is 6.36. The number of ether oxygens (including phenoxy) is 1. The Hall–Kier alpha value is -2.41. The van der Waals surface area contributed by atoms with Gasteiger partial charge in [0.15, 0.2) is 0 Å². The van der Waals surface area contributed by atoms with Crippen molar-refractivity contribution in [1.82, 2.24) is 20.1 Å². The molecule has 0 unspecified atom stereocenters. The highest BCUT2D eigenvalue weighted by Crippen LogP contribution is 2.16. The van der Waals surface area contributed by atoms with Crippen LogP contribution in [0.25, 0.3) is 0 Å². The zero-order chi connectivity index (χ0) is 16.8. The topological polar surface area (TPSA) is 72.3 Å². The summed E-state index contributed by atoms with van der Waals surface area (Å²) in [7, 11) is 0. The van der Waals surface area contributed by atoms with E-state index in [0.717, 1.165) is 31.9 Å². The van der Waals surface area contributed by atoms with Gasteiger partial charge in [-0.1, -0.05) is 19.1 Å². The van der Waals surface area contributed by atoms with Crippen molar-refractivity contribution in [1.29, 1.82) is 0 Å². The van der Waals surface area contributed by atoms with Crippen molar-refractivity contribution in [2.24, 2.45) is 5.92 Å². The molecule has 2 aromatic rings. The average molecular weight is 329 g/mol. The minimum atomic E-state index is -0.153. The first kappa shape index (κ1) is 16.4. The van der Waals surface area contributed by atoms with Gasteiger partial charge in [-0.2, -0.15) is 5.10 Å². The number of hydrogen-bond acceptors (Lipinski definition) is 5. The highest BCUT2D eigenvalue weighted by molar-refractivity contribution is 5.78. The molecule has 24 heavy (non-hydrogen) atoms. The van der Waals surface area contributed by atoms with Gasteiger partial charge in [-0.15, -0.1) is 0 Å². The summed E-state index contributed by atoms with van der Waals surface area (Å²) in [5.74, 6) is -0.137. The molecule has 1 aliphatic heterocycles. The first-order valence-electron chi connectivity index (χ1n) is 8.24. The maximum absolute atomic E-state index is 12.2. The lowest BCUT2D eigenvalue weighted by Crippen LogP contribution is -2.36. The van der Waals surface area contributed by atoms with E-state index in [2.05, 4.69) is 44.6 Å². The van der Waals surface area contributed by atoms with Gasteiger partial charge in [0.1, 0.15) is 12.7 Å². The third-order valence-corrected chi connectivity index (χ3v) is 4.15. The number of carbonyl (C=O) groups excluding carboxylic acids is 1. The normalized spacial score (nSPS) is 16.0. The van der Waals surface area contributed by atoms with Crippen LogP contribution in [0.1, 0.15) is 12.5 Å². The predicted octanol–water partition coefficient (Wildman–Crippen LogP) is 1.07. The minimum Gasteiger partial charge on any atom is -0.378 e. The van der Waals surface area contributed by atoms with Gasteiger partial charge >= 0.3 is 0 Å². The molecule has 128 valence electrons. The second kappa shape index (κ2) is 7.92. The van der Waals surface area contributed by atoms with Crippen LogP contribution in [-0.2, 0) is 22.6 Å². The average Bonchev–Trinajstić information content (AvgIpc) is 3.14. The molecular formula is C17H23N5O2. The van der Waals surface area contributed by atoms with Crippen molar-refractivity contribution in [3.05, 3.63) is 42.5 Å². The van der Waals surface area contributed by atoms with Crippen molar-refractivity contribution in [3.8, 4) is 0 Å². The van der Waals surface area contributed by atoms with E-state index < -0.39 is 0 Å². The lowest BCUT2D eigenvalue weighted by atomic mass is 10.1. The fraction of sp³-hybridized carbons (Fsp3) is 0.471. The monoisotopic (exact) mass is 329 g/mol. The van der Waals surface area contributed by atoms with E-state index in [4.69, 9.17) is 4.74 Å². The highest BCUT2D eigenvalue weighted by atomic mass is 16.5. The highest BCUT2D eigenvalue weighted by Gasteiger charge is 2.14. The van der Waals surface area contributed by atoms with Crippen molar-refractivity contribution in [3.63, 3.8) is 0 Å². The van der Waals surface area contributed by atoms with Crippen LogP contribution in [0.4, 0.5) is 5.69 Å². The number of nitrogens with one attached hydrogen (secondary N) is 1. The van der Waals surface area contributed by atoms with Crippen molar-refractivity contribution < 1.29 is 9.53 Å². The number of amides is 1. The Kier molecular flexibility index (Phi) is 5.43. The van der Waals surface area contributed by atoms with Crippen LogP contribution in [-0.4, -0.2) is 47.0 Å². The first-order valence-corrected chi connectivity index (χ1v) is 8.24. The third kappa shape index (κ3) is 4.32. The largest absolute Gasteiger partial charge is 0.378 e. The molecule has 1 aromatic carbocycles. The number of benzene rings is 1. The van der Waals surface area contributed by atoms with E-state index in [1.54, 1.807) is 11.0 Å². The molecule has 1 aliphatic rings. The first-order chi connectivity index (χ1) is 11.7. The van der Waals surface area contributed by atoms with Crippen molar-refractivity contribution >= 4 is 11.6 Å². The summed E-state index contributed by atoms with van der Waals surface area (Å²) in [6, 6.07) is 8.33. The molecule has 1 amide bonds. The van der Waals surface area contributed by atoms with Gasteiger partial charge in [-0.05, 0) is 17.7 Å². The third-order valence-electron chi connectivity index (χ3n) is 4.15. The van der Waals surface area contributed by atoms with Crippen molar-refractivity contribution in [2.45, 2.75) is 20.0 Å². The quantitative estimate of drug-likeness (QED) is 0.858. The molecule has 0 spiro atoms. The van der Waals surface area contributed by atoms with Gasteiger partial charge in [-0.3, -0.25) is 9.48 Å². The van der Waals surface area contributed by atoms with E-state index in [-0.39, 0.29) is 11.8 Å². The number of aromatic nitrogens is 3. The Morgan fingerprint density at radius 3 is 2.71 bits per heavy atom. The molecule has 0 radical (unpaired) electrons. The Morgan fingerprint density at radius 2 is 2.04 bits per heavy atom.